The van der Waals surface area contributed by atoms with E-state index < -0.39 is 16.6 Å². The summed E-state index contributed by atoms with van der Waals surface area (Å²) in [7, 11) is -0.915. The van der Waals surface area contributed by atoms with Crippen LogP contribution in [0.2, 0.25) is 0 Å². The van der Waals surface area contributed by atoms with E-state index in [2.05, 4.69) is 10.5 Å². The summed E-state index contributed by atoms with van der Waals surface area (Å²) in [6.07, 6.45) is 1.63. The second kappa shape index (κ2) is 7.20. The molecule has 19 heavy (non-hydrogen) atoms. The van der Waals surface area contributed by atoms with Crippen molar-refractivity contribution in [1.29, 1.82) is 0 Å². The Labute approximate surface area is 114 Å². The predicted octanol–water partition coefficient (Wildman–Crippen LogP) is 0.777. The van der Waals surface area contributed by atoms with Gasteiger partial charge in [-0.2, -0.15) is 0 Å². The van der Waals surface area contributed by atoms with Crippen molar-refractivity contribution in [1.82, 2.24) is 5.32 Å². The molecule has 0 aliphatic carbocycles. The molecule has 5 nitrogen and oxygen atoms in total. The zero-order valence-corrected chi connectivity index (χ0v) is 11.7. The number of nitrogens with zero attached hydrogens (tertiary/aromatic N) is 1. The molecular weight excluding hydrogens is 269 g/mol. The third-order valence-electron chi connectivity index (χ3n) is 2.78. The Morgan fingerprint density at radius 2 is 2.32 bits per heavy atom. The Morgan fingerprint density at radius 1 is 1.63 bits per heavy atom. The number of oxime groups is 1. The van der Waals surface area contributed by atoms with Gasteiger partial charge >= 0.3 is 0 Å². The fraction of sp³-hybridized carbons (Fsp3) is 0.417. The van der Waals surface area contributed by atoms with Crippen LogP contribution in [0.5, 0.6) is 0 Å². The topological polar surface area (TPSA) is 87.7 Å². The van der Waals surface area contributed by atoms with E-state index in [9.17, 15) is 8.60 Å². The number of hydrogen-bond acceptors (Lipinski definition) is 4. The molecule has 2 atom stereocenters. The molecule has 0 heterocycles. The second-order valence-electron chi connectivity index (χ2n) is 4.20. The van der Waals surface area contributed by atoms with E-state index in [0.29, 0.717) is 18.7 Å². The zero-order valence-electron chi connectivity index (χ0n) is 10.9. The Bertz CT molecular complexity index is 494. The summed E-state index contributed by atoms with van der Waals surface area (Å²) in [5, 5.41) is 14.4. The summed E-state index contributed by atoms with van der Waals surface area (Å²) < 4.78 is 25.2. The third kappa shape index (κ3) is 4.29. The van der Waals surface area contributed by atoms with Gasteiger partial charge in [0.15, 0.2) is 5.84 Å². The summed E-state index contributed by atoms with van der Waals surface area (Å²) in [6.45, 7) is 2.67. The first-order valence-electron chi connectivity index (χ1n) is 5.75. The van der Waals surface area contributed by atoms with Crippen LogP contribution in [0.15, 0.2) is 23.4 Å². The minimum atomic E-state index is -0.915. The van der Waals surface area contributed by atoms with Crippen molar-refractivity contribution < 1.29 is 13.8 Å². The van der Waals surface area contributed by atoms with E-state index in [-0.39, 0.29) is 16.6 Å². The molecule has 106 valence electrons. The number of halogens is 1. The molecule has 2 unspecified atom stereocenters. The molecule has 0 saturated heterocycles. The van der Waals surface area contributed by atoms with Crippen molar-refractivity contribution in [2.24, 2.45) is 10.9 Å². The molecule has 0 amide bonds. The zero-order chi connectivity index (χ0) is 14.4. The highest BCUT2D eigenvalue weighted by atomic mass is 32.2. The number of rotatable bonds is 6. The summed E-state index contributed by atoms with van der Waals surface area (Å²) >= 11 is 0. The second-order valence-corrected chi connectivity index (χ2v) is 6.01. The van der Waals surface area contributed by atoms with Gasteiger partial charge in [0.25, 0.3) is 0 Å². The molecule has 0 spiro atoms. The minimum Gasteiger partial charge on any atom is -0.409 e. The lowest BCUT2D eigenvalue weighted by Gasteiger charge is -2.11. The first-order valence-corrected chi connectivity index (χ1v) is 7.37. The van der Waals surface area contributed by atoms with Gasteiger partial charge in [-0.15, -0.1) is 0 Å². The molecule has 0 bridgehead atoms. The van der Waals surface area contributed by atoms with E-state index in [4.69, 9.17) is 10.9 Å². The maximum Gasteiger partial charge on any atom is 0.173 e. The van der Waals surface area contributed by atoms with Crippen LogP contribution in [0.1, 0.15) is 18.1 Å². The monoisotopic (exact) mass is 287 g/mol. The van der Waals surface area contributed by atoms with E-state index in [0.717, 1.165) is 0 Å². The number of hydrogen-bond donors (Lipinski definition) is 3. The maximum atomic E-state index is 14.0. The summed E-state index contributed by atoms with van der Waals surface area (Å²) in [5.41, 5.74) is 5.86. The smallest absolute Gasteiger partial charge is 0.173 e. The predicted molar refractivity (Wildman–Crippen MR) is 74.1 cm³/mol. The molecule has 0 aliphatic heterocycles. The van der Waals surface area contributed by atoms with Crippen LogP contribution in [0.4, 0.5) is 4.39 Å². The summed E-state index contributed by atoms with van der Waals surface area (Å²) in [5.74, 6) is -0.780. The van der Waals surface area contributed by atoms with Crippen LogP contribution < -0.4 is 11.1 Å². The highest BCUT2D eigenvalue weighted by Gasteiger charge is 2.12. The van der Waals surface area contributed by atoms with E-state index in [1.165, 1.54) is 6.07 Å². The molecule has 0 fully saturated rings. The molecular formula is C12H18FN3O2S. The van der Waals surface area contributed by atoms with Gasteiger partial charge in [-0.3, -0.25) is 4.21 Å². The van der Waals surface area contributed by atoms with Gasteiger partial charge in [0.2, 0.25) is 0 Å². The van der Waals surface area contributed by atoms with Crippen LogP contribution in [0.3, 0.4) is 0 Å². The van der Waals surface area contributed by atoms with E-state index in [1.54, 1.807) is 18.4 Å². The molecule has 1 aromatic rings. The quantitative estimate of drug-likeness (QED) is 0.312. The first-order chi connectivity index (χ1) is 8.97. The molecule has 7 heteroatoms. The summed E-state index contributed by atoms with van der Waals surface area (Å²) in [4.78, 5) is 0. The Morgan fingerprint density at radius 3 is 2.89 bits per heavy atom. The standard InChI is InChI=1S/C12H18FN3O2S/c1-8(19(2)18)6-15-7-9-4-3-5-10(11(9)13)12(14)16-17/h3-5,8,15,17H,6-7H2,1-2H3,(H2,14,16). The average molecular weight is 287 g/mol. The fourth-order valence-electron chi connectivity index (χ4n) is 1.50. The Hall–Kier alpha value is -1.47. The molecule has 0 aliphatic rings. The number of nitrogens with one attached hydrogen (secondary N) is 1. The van der Waals surface area contributed by atoms with Gasteiger partial charge in [0.05, 0.1) is 5.56 Å². The molecule has 0 saturated carbocycles. The average Bonchev–Trinajstić information content (AvgIpc) is 2.39. The number of nitrogens with two attached hydrogens (primary N) is 1. The normalized spacial score (nSPS) is 15.2. The number of benzene rings is 1. The van der Waals surface area contributed by atoms with Gasteiger partial charge in [-0.25, -0.2) is 4.39 Å². The molecule has 0 aromatic heterocycles. The van der Waals surface area contributed by atoms with E-state index >= 15 is 0 Å². The van der Waals surface area contributed by atoms with Gasteiger partial charge in [-0.05, 0) is 13.0 Å². The molecule has 1 aromatic carbocycles. The minimum absolute atomic E-state index is 0.00434. The van der Waals surface area contributed by atoms with Crippen molar-refractivity contribution in [3.63, 3.8) is 0 Å². The lowest BCUT2D eigenvalue weighted by Crippen LogP contribution is -2.27. The van der Waals surface area contributed by atoms with Crippen LogP contribution in [0, 0.1) is 5.82 Å². The molecule has 1 rings (SSSR count). The van der Waals surface area contributed by atoms with Crippen molar-refractivity contribution in [3.05, 3.63) is 35.1 Å². The highest BCUT2D eigenvalue weighted by molar-refractivity contribution is 7.84. The van der Waals surface area contributed by atoms with Gasteiger partial charge in [0.1, 0.15) is 5.82 Å². The SMILES string of the molecule is CC(CNCc1cccc(/C(N)=N/O)c1F)S(C)=O. The first kappa shape index (κ1) is 15.6. The summed E-state index contributed by atoms with van der Waals surface area (Å²) in [6, 6.07) is 4.69. The largest absolute Gasteiger partial charge is 0.409 e. The van der Waals surface area contributed by atoms with Crippen LogP contribution in [0.25, 0.3) is 0 Å². The van der Waals surface area contributed by atoms with Crippen LogP contribution in [-0.4, -0.2) is 33.3 Å². The van der Waals surface area contributed by atoms with E-state index in [1.807, 2.05) is 6.92 Å². The Balaban J connectivity index is 2.72. The van der Waals surface area contributed by atoms with Gasteiger partial charge in [-0.1, -0.05) is 17.3 Å². The van der Waals surface area contributed by atoms with Crippen molar-refractivity contribution >= 4 is 16.6 Å². The van der Waals surface area contributed by atoms with Gasteiger partial charge in [0, 0.05) is 41.0 Å². The van der Waals surface area contributed by atoms with Crippen LogP contribution in [-0.2, 0) is 17.3 Å². The van der Waals surface area contributed by atoms with Crippen LogP contribution >= 0.6 is 0 Å². The highest BCUT2D eigenvalue weighted by Crippen LogP contribution is 2.12. The van der Waals surface area contributed by atoms with Gasteiger partial charge < -0.3 is 16.3 Å². The third-order valence-corrected chi connectivity index (χ3v) is 4.08. The lowest BCUT2D eigenvalue weighted by atomic mass is 10.1. The molecule has 0 radical (unpaired) electrons. The molecule has 4 N–H and O–H groups in total. The lowest BCUT2D eigenvalue weighted by molar-refractivity contribution is 0.318. The van der Waals surface area contributed by atoms with Crippen molar-refractivity contribution in [3.8, 4) is 0 Å². The van der Waals surface area contributed by atoms with Crippen molar-refractivity contribution in [2.75, 3.05) is 12.8 Å². The Kier molecular flexibility index (Phi) is 5.91. The fourth-order valence-corrected chi connectivity index (χ4v) is 1.85. The maximum absolute atomic E-state index is 14.0. The van der Waals surface area contributed by atoms with Crippen molar-refractivity contribution in [2.45, 2.75) is 18.7 Å². The number of amidine groups is 1.